The van der Waals surface area contributed by atoms with Crippen LogP contribution in [0.3, 0.4) is 0 Å². The van der Waals surface area contributed by atoms with E-state index >= 15 is 0 Å². The van der Waals surface area contributed by atoms with E-state index in [0.717, 1.165) is 4.47 Å². The number of aromatic nitrogens is 1. The first kappa shape index (κ1) is 14.7. The number of nitrogens with two attached hydrogens (primary N) is 1. The molecule has 20 heavy (non-hydrogen) atoms. The molecule has 0 atom stereocenters. The first-order chi connectivity index (χ1) is 9.28. The predicted molar refractivity (Wildman–Crippen MR) is 82.9 cm³/mol. The lowest BCUT2D eigenvalue weighted by Gasteiger charge is -2.20. The number of hydrogen-bond donors (Lipinski definition) is 2. The highest BCUT2D eigenvalue weighted by molar-refractivity contribution is 9.10. The summed E-state index contributed by atoms with van der Waals surface area (Å²) >= 11 is 3.37. The maximum absolute atomic E-state index is 11.2. The summed E-state index contributed by atoms with van der Waals surface area (Å²) in [6, 6.07) is 5.46. The summed E-state index contributed by atoms with van der Waals surface area (Å²) in [5.41, 5.74) is 6.53. The highest BCUT2D eigenvalue weighted by atomic mass is 79.9. The lowest BCUT2D eigenvalue weighted by molar-refractivity contribution is -0.384. The van der Waals surface area contributed by atoms with Crippen molar-refractivity contribution in [1.82, 2.24) is 4.98 Å². The van der Waals surface area contributed by atoms with Gasteiger partial charge in [0, 0.05) is 21.9 Å². The zero-order chi connectivity index (χ0) is 14.9. The van der Waals surface area contributed by atoms with Crippen LogP contribution < -0.4 is 11.1 Å². The van der Waals surface area contributed by atoms with Gasteiger partial charge in [-0.25, -0.2) is 4.98 Å². The number of nitro groups is 1. The Labute approximate surface area is 124 Å². The molecule has 6 nitrogen and oxygen atoms in total. The van der Waals surface area contributed by atoms with Crippen molar-refractivity contribution in [3.63, 3.8) is 0 Å². The zero-order valence-electron chi connectivity index (χ0n) is 11.2. The molecule has 1 aromatic heterocycles. The molecule has 2 rings (SSSR count). The number of pyridine rings is 1. The van der Waals surface area contributed by atoms with Crippen LogP contribution in [0.5, 0.6) is 0 Å². The normalized spacial score (nSPS) is 11.6. The molecule has 0 saturated heterocycles. The van der Waals surface area contributed by atoms with Crippen molar-refractivity contribution in [1.29, 1.82) is 0 Å². The molecule has 0 unspecified atom stereocenters. The number of anilines is 1. The third-order valence-electron chi connectivity index (χ3n) is 2.73. The molecule has 7 heteroatoms. The van der Waals surface area contributed by atoms with Gasteiger partial charge in [0.25, 0.3) is 0 Å². The summed E-state index contributed by atoms with van der Waals surface area (Å²) in [5, 5.41) is 14.9. The molecule has 1 aromatic carbocycles. The zero-order valence-corrected chi connectivity index (χ0v) is 12.8. The van der Waals surface area contributed by atoms with E-state index in [4.69, 9.17) is 5.73 Å². The molecule has 1 heterocycles. The fraction of sp³-hybridized carbons (Fsp3) is 0.308. The van der Waals surface area contributed by atoms with Crippen LogP contribution in [-0.4, -0.2) is 22.0 Å². The summed E-state index contributed by atoms with van der Waals surface area (Å²) in [4.78, 5) is 14.8. The van der Waals surface area contributed by atoms with Crippen LogP contribution in [0.2, 0.25) is 0 Å². The molecular formula is C13H15BrN4O2. The van der Waals surface area contributed by atoms with Crippen LogP contribution in [0, 0.1) is 10.1 Å². The maximum Gasteiger partial charge on any atom is 0.311 e. The van der Waals surface area contributed by atoms with Gasteiger partial charge in [-0.2, -0.15) is 0 Å². The smallest absolute Gasteiger partial charge is 0.311 e. The second kappa shape index (κ2) is 5.34. The van der Waals surface area contributed by atoms with Gasteiger partial charge >= 0.3 is 5.69 Å². The Hall–Kier alpha value is -1.73. The number of halogens is 1. The van der Waals surface area contributed by atoms with Crippen LogP contribution in [0.4, 0.5) is 11.4 Å². The van der Waals surface area contributed by atoms with Gasteiger partial charge in [0.05, 0.1) is 10.4 Å². The van der Waals surface area contributed by atoms with Gasteiger partial charge in [0.15, 0.2) is 0 Å². The van der Waals surface area contributed by atoms with E-state index in [0.29, 0.717) is 23.1 Å². The Morgan fingerprint density at radius 2 is 2.20 bits per heavy atom. The maximum atomic E-state index is 11.2. The number of benzene rings is 1. The minimum atomic E-state index is -0.477. The molecular weight excluding hydrogens is 324 g/mol. The Morgan fingerprint density at radius 1 is 1.50 bits per heavy atom. The third kappa shape index (κ3) is 3.23. The van der Waals surface area contributed by atoms with E-state index in [-0.39, 0.29) is 5.69 Å². The highest BCUT2D eigenvalue weighted by Gasteiger charge is 2.20. The largest absolute Gasteiger partial charge is 0.377 e. The van der Waals surface area contributed by atoms with E-state index in [9.17, 15) is 10.1 Å². The molecule has 0 radical (unpaired) electrons. The lowest BCUT2D eigenvalue weighted by atomic mass is 10.1. The summed E-state index contributed by atoms with van der Waals surface area (Å²) < 4.78 is 0.836. The summed E-state index contributed by atoms with van der Waals surface area (Å²) in [7, 11) is 0. The quantitative estimate of drug-likeness (QED) is 0.659. The van der Waals surface area contributed by atoms with Crippen LogP contribution in [0.25, 0.3) is 10.9 Å². The van der Waals surface area contributed by atoms with E-state index in [1.54, 1.807) is 6.07 Å². The molecule has 0 aliphatic carbocycles. The molecule has 0 saturated carbocycles. The van der Waals surface area contributed by atoms with Gasteiger partial charge in [0.2, 0.25) is 0 Å². The first-order valence-electron chi connectivity index (χ1n) is 6.03. The predicted octanol–water partition coefficient (Wildman–Crippen LogP) is 3.05. The van der Waals surface area contributed by atoms with Gasteiger partial charge in [-0.15, -0.1) is 0 Å². The Kier molecular flexibility index (Phi) is 3.92. The molecule has 0 amide bonds. The number of nitrogens with one attached hydrogen (secondary N) is 1. The van der Waals surface area contributed by atoms with E-state index in [1.807, 2.05) is 26.0 Å². The van der Waals surface area contributed by atoms with Gasteiger partial charge in [-0.05, 0) is 32.0 Å². The standard InChI is InChI=1S/C13H15BrN4O2/c1-13(2,15)7-17-12-9-5-8(14)3-4-10(9)16-6-11(12)18(19)20/h3-6H,7,15H2,1-2H3,(H,16,17). The van der Waals surface area contributed by atoms with E-state index < -0.39 is 10.5 Å². The molecule has 3 N–H and O–H groups in total. The number of fused-ring (bicyclic) bond motifs is 1. The van der Waals surface area contributed by atoms with Crippen molar-refractivity contribution in [2.75, 3.05) is 11.9 Å². The minimum Gasteiger partial charge on any atom is -0.377 e. The first-order valence-corrected chi connectivity index (χ1v) is 6.83. The molecule has 0 bridgehead atoms. The van der Waals surface area contributed by atoms with Crippen molar-refractivity contribution >= 4 is 38.2 Å². The highest BCUT2D eigenvalue weighted by Crippen LogP contribution is 2.33. The number of nitrogens with zero attached hydrogens (tertiary/aromatic N) is 2. The lowest BCUT2D eigenvalue weighted by Crippen LogP contribution is -2.39. The van der Waals surface area contributed by atoms with Crippen molar-refractivity contribution < 1.29 is 4.92 Å². The average Bonchev–Trinajstić information content (AvgIpc) is 2.34. The molecule has 0 aliphatic heterocycles. The van der Waals surface area contributed by atoms with E-state index in [1.165, 1.54) is 6.20 Å². The van der Waals surface area contributed by atoms with Crippen molar-refractivity contribution in [2.45, 2.75) is 19.4 Å². The molecule has 0 fully saturated rings. The van der Waals surface area contributed by atoms with Crippen molar-refractivity contribution in [3.05, 3.63) is 39.0 Å². The van der Waals surface area contributed by atoms with Gasteiger partial charge in [0.1, 0.15) is 11.9 Å². The Bertz CT molecular complexity index is 667. The molecule has 0 aliphatic rings. The molecule has 106 valence electrons. The van der Waals surface area contributed by atoms with Crippen molar-refractivity contribution in [3.8, 4) is 0 Å². The SMILES string of the molecule is CC(C)(N)CNc1c([N+](=O)[O-])cnc2ccc(Br)cc12. The molecule has 2 aromatic rings. The third-order valence-corrected chi connectivity index (χ3v) is 3.22. The Morgan fingerprint density at radius 3 is 2.80 bits per heavy atom. The second-order valence-corrected chi connectivity index (χ2v) is 6.19. The number of hydrogen-bond acceptors (Lipinski definition) is 5. The fourth-order valence-corrected chi connectivity index (χ4v) is 2.16. The second-order valence-electron chi connectivity index (χ2n) is 5.28. The van der Waals surface area contributed by atoms with Crippen molar-refractivity contribution in [2.24, 2.45) is 5.73 Å². The van der Waals surface area contributed by atoms with E-state index in [2.05, 4.69) is 26.2 Å². The summed E-state index contributed by atoms with van der Waals surface area (Å²) in [6.45, 7) is 4.12. The van der Waals surface area contributed by atoms with Crippen LogP contribution >= 0.6 is 15.9 Å². The fourth-order valence-electron chi connectivity index (χ4n) is 1.79. The van der Waals surface area contributed by atoms with Crippen LogP contribution in [0.15, 0.2) is 28.9 Å². The van der Waals surface area contributed by atoms with Gasteiger partial charge in [-0.1, -0.05) is 15.9 Å². The Balaban J connectivity index is 2.58. The van der Waals surface area contributed by atoms with Crippen LogP contribution in [-0.2, 0) is 0 Å². The van der Waals surface area contributed by atoms with Crippen LogP contribution in [0.1, 0.15) is 13.8 Å². The minimum absolute atomic E-state index is 0.0557. The average molecular weight is 339 g/mol. The molecule has 0 spiro atoms. The summed E-state index contributed by atoms with van der Waals surface area (Å²) in [5.74, 6) is 0. The van der Waals surface area contributed by atoms with Gasteiger partial charge in [-0.3, -0.25) is 10.1 Å². The monoisotopic (exact) mass is 338 g/mol. The number of rotatable bonds is 4. The summed E-state index contributed by atoms with van der Waals surface area (Å²) in [6.07, 6.45) is 1.27. The topological polar surface area (TPSA) is 94.1 Å². The van der Waals surface area contributed by atoms with Gasteiger partial charge < -0.3 is 11.1 Å².